The van der Waals surface area contributed by atoms with Gasteiger partial charge in [0.05, 0.1) is 5.75 Å². The first-order valence-electron chi connectivity index (χ1n) is 7.57. The van der Waals surface area contributed by atoms with Crippen LogP contribution in [0.1, 0.15) is 46.0 Å². The number of nitrogens with one attached hydrogen (secondary N) is 2. The molecule has 19 heavy (non-hydrogen) atoms. The molecule has 0 aromatic carbocycles. The maximum Gasteiger partial charge on any atom is 0.244 e. The molecule has 1 amide bonds. The van der Waals surface area contributed by atoms with Crippen LogP contribution in [0.3, 0.4) is 0 Å². The van der Waals surface area contributed by atoms with Crippen molar-refractivity contribution in [2.24, 2.45) is 0 Å². The molecular weight excluding hydrogens is 258 g/mol. The van der Waals surface area contributed by atoms with Gasteiger partial charge in [-0.1, -0.05) is 6.42 Å². The summed E-state index contributed by atoms with van der Waals surface area (Å²) in [4.78, 5) is 12.1. The van der Waals surface area contributed by atoms with E-state index < -0.39 is 0 Å². The van der Waals surface area contributed by atoms with Crippen LogP contribution >= 0.6 is 11.8 Å². The number of hydrogen-bond acceptors (Lipinski definition) is 4. The fraction of sp³-hybridized carbons (Fsp3) is 0.929. The van der Waals surface area contributed by atoms with Gasteiger partial charge < -0.3 is 5.32 Å². The van der Waals surface area contributed by atoms with E-state index >= 15 is 0 Å². The maximum absolute atomic E-state index is 12.1. The number of piperidine rings is 2. The smallest absolute Gasteiger partial charge is 0.244 e. The van der Waals surface area contributed by atoms with Crippen molar-refractivity contribution in [3.05, 3.63) is 0 Å². The number of hydrogen-bond donors (Lipinski definition) is 2. The highest BCUT2D eigenvalue weighted by Crippen LogP contribution is 2.22. The molecule has 2 aliphatic heterocycles. The maximum atomic E-state index is 12.1. The highest BCUT2D eigenvalue weighted by Gasteiger charge is 2.26. The summed E-state index contributed by atoms with van der Waals surface area (Å²) < 4.78 is 0. The summed E-state index contributed by atoms with van der Waals surface area (Å²) in [5.41, 5.74) is 3.12. The Labute approximate surface area is 121 Å². The van der Waals surface area contributed by atoms with E-state index in [1.54, 1.807) is 0 Å². The molecule has 4 nitrogen and oxygen atoms in total. The third-order valence-electron chi connectivity index (χ3n) is 4.18. The zero-order chi connectivity index (χ0) is 13.7. The molecule has 0 aromatic heterocycles. The van der Waals surface area contributed by atoms with Crippen LogP contribution in [0.4, 0.5) is 0 Å². The van der Waals surface area contributed by atoms with Gasteiger partial charge in [-0.05, 0) is 52.6 Å². The Bertz CT molecular complexity index is 284. The molecule has 2 N–H and O–H groups in total. The average Bonchev–Trinajstić information content (AvgIpc) is 2.42. The molecule has 0 radical (unpaired) electrons. The second-order valence-corrected chi connectivity index (χ2v) is 7.12. The monoisotopic (exact) mass is 285 g/mol. The topological polar surface area (TPSA) is 44.4 Å². The van der Waals surface area contributed by atoms with Crippen molar-refractivity contribution in [2.45, 2.75) is 63.3 Å². The number of carbonyl (C=O) groups excluding carboxylic acids is 1. The van der Waals surface area contributed by atoms with Gasteiger partial charge in [0.15, 0.2) is 0 Å². The molecule has 2 fully saturated rings. The van der Waals surface area contributed by atoms with Crippen molar-refractivity contribution in [3.63, 3.8) is 0 Å². The Morgan fingerprint density at radius 3 is 2.47 bits per heavy atom. The number of nitrogens with zero attached hydrogens (tertiary/aromatic N) is 1. The molecule has 2 aliphatic rings. The lowest BCUT2D eigenvalue weighted by molar-refractivity contribution is -0.126. The van der Waals surface area contributed by atoms with Crippen LogP contribution in [0.25, 0.3) is 0 Å². The summed E-state index contributed by atoms with van der Waals surface area (Å²) in [6.07, 6.45) is 6.03. The van der Waals surface area contributed by atoms with Gasteiger partial charge in [0, 0.05) is 17.3 Å². The minimum Gasteiger partial charge on any atom is -0.317 e. The van der Waals surface area contributed by atoms with Crippen LogP contribution in [-0.2, 0) is 4.79 Å². The van der Waals surface area contributed by atoms with Crippen molar-refractivity contribution in [1.82, 2.24) is 15.8 Å². The second-order valence-electron chi connectivity index (χ2n) is 5.83. The number of amides is 1. The quantitative estimate of drug-likeness (QED) is 0.826. The molecule has 110 valence electrons. The molecule has 0 saturated carbocycles. The van der Waals surface area contributed by atoms with E-state index in [9.17, 15) is 4.79 Å². The van der Waals surface area contributed by atoms with Crippen LogP contribution in [0, 0.1) is 0 Å². The Balaban J connectivity index is 1.70. The number of thioether (sulfide) groups is 1. The Hall–Kier alpha value is -0.260. The molecule has 2 heterocycles. The second kappa shape index (κ2) is 7.50. The molecule has 0 spiro atoms. The molecule has 0 aromatic rings. The molecule has 2 saturated heterocycles. The zero-order valence-electron chi connectivity index (χ0n) is 12.2. The molecular formula is C14H27N3OS. The van der Waals surface area contributed by atoms with Crippen LogP contribution in [-0.4, -0.2) is 47.1 Å². The van der Waals surface area contributed by atoms with Gasteiger partial charge in [0.1, 0.15) is 0 Å². The summed E-state index contributed by atoms with van der Waals surface area (Å²) in [7, 11) is 0. The molecule has 0 bridgehead atoms. The van der Waals surface area contributed by atoms with E-state index in [0.29, 0.717) is 23.1 Å². The van der Waals surface area contributed by atoms with Gasteiger partial charge in [-0.3, -0.25) is 10.2 Å². The molecule has 2 atom stereocenters. The lowest BCUT2D eigenvalue weighted by Crippen LogP contribution is -2.54. The first-order valence-corrected chi connectivity index (χ1v) is 8.62. The van der Waals surface area contributed by atoms with Crippen LogP contribution in [0.2, 0.25) is 0 Å². The van der Waals surface area contributed by atoms with E-state index in [2.05, 4.69) is 29.6 Å². The van der Waals surface area contributed by atoms with Gasteiger partial charge >= 0.3 is 0 Å². The van der Waals surface area contributed by atoms with Crippen molar-refractivity contribution in [1.29, 1.82) is 0 Å². The highest BCUT2D eigenvalue weighted by molar-refractivity contribution is 8.00. The van der Waals surface area contributed by atoms with Crippen molar-refractivity contribution < 1.29 is 4.79 Å². The first kappa shape index (κ1) is 15.1. The number of rotatable bonds is 4. The van der Waals surface area contributed by atoms with E-state index in [1.807, 2.05) is 11.8 Å². The predicted octanol–water partition coefficient (Wildman–Crippen LogP) is 1.77. The molecule has 0 aliphatic carbocycles. The highest BCUT2D eigenvalue weighted by atomic mass is 32.2. The van der Waals surface area contributed by atoms with Crippen LogP contribution in [0.15, 0.2) is 0 Å². The first-order chi connectivity index (χ1) is 9.16. The van der Waals surface area contributed by atoms with Crippen LogP contribution < -0.4 is 10.7 Å². The summed E-state index contributed by atoms with van der Waals surface area (Å²) in [6.45, 7) is 6.60. The third-order valence-corrected chi connectivity index (χ3v) is 5.56. The zero-order valence-corrected chi connectivity index (χ0v) is 13.0. The Morgan fingerprint density at radius 1 is 1.21 bits per heavy atom. The Morgan fingerprint density at radius 2 is 1.84 bits per heavy atom. The standard InChI is InChI=1S/C14H27N3OS/c1-11-4-3-5-12(2)17(11)16-14(18)10-19-13-6-8-15-9-7-13/h11-13,15H,3-10H2,1-2H3,(H,16,18). The molecule has 5 heteroatoms. The van der Waals surface area contributed by atoms with E-state index in [-0.39, 0.29) is 5.91 Å². The van der Waals surface area contributed by atoms with E-state index in [4.69, 9.17) is 0 Å². The van der Waals surface area contributed by atoms with Crippen molar-refractivity contribution in [2.75, 3.05) is 18.8 Å². The van der Waals surface area contributed by atoms with Crippen LogP contribution in [0.5, 0.6) is 0 Å². The summed E-state index contributed by atoms with van der Waals surface area (Å²) in [5.74, 6) is 0.768. The lowest BCUT2D eigenvalue weighted by atomic mass is 10.00. The van der Waals surface area contributed by atoms with Gasteiger partial charge in [-0.2, -0.15) is 0 Å². The number of carbonyl (C=O) groups is 1. The largest absolute Gasteiger partial charge is 0.317 e. The fourth-order valence-corrected chi connectivity index (χ4v) is 3.99. The third kappa shape index (κ3) is 4.65. The minimum absolute atomic E-state index is 0.170. The minimum atomic E-state index is 0.170. The lowest BCUT2D eigenvalue weighted by Gasteiger charge is -2.38. The predicted molar refractivity (Wildman–Crippen MR) is 81.1 cm³/mol. The number of hydrazine groups is 1. The average molecular weight is 285 g/mol. The van der Waals surface area contributed by atoms with Gasteiger partial charge in [-0.25, -0.2) is 5.01 Å². The van der Waals surface area contributed by atoms with E-state index in [1.165, 1.54) is 32.1 Å². The van der Waals surface area contributed by atoms with Gasteiger partial charge in [-0.15, -0.1) is 11.8 Å². The molecule has 2 rings (SSSR count). The van der Waals surface area contributed by atoms with Crippen molar-refractivity contribution in [3.8, 4) is 0 Å². The van der Waals surface area contributed by atoms with Crippen molar-refractivity contribution >= 4 is 17.7 Å². The Kier molecular flexibility index (Phi) is 5.98. The summed E-state index contributed by atoms with van der Waals surface area (Å²) in [6, 6.07) is 0.938. The summed E-state index contributed by atoms with van der Waals surface area (Å²) >= 11 is 1.82. The van der Waals surface area contributed by atoms with E-state index in [0.717, 1.165) is 13.1 Å². The van der Waals surface area contributed by atoms with Gasteiger partial charge in [0.25, 0.3) is 0 Å². The SMILES string of the molecule is CC1CCCC(C)N1NC(=O)CSC1CCNCC1. The van der Waals surface area contributed by atoms with Gasteiger partial charge in [0.2, 0.25) is 5.91 Å². The fourth-order valence-electron chi connectivity index (χ4n) is 2.97. The normalized spacial score (nSPS) is 30.2. The molecule has 2 unspecified atom stereocenters. The summed E-state index contributed by atoms with van der Waals surface area (Å²) in [5, 5.41) is 6.17.